The molecule has 4 nitrogen and oxygen atoms in total. The Bertz CT molecular complexity index is 659. The van der Waals surface area contributed by atoms with Gasteiger partial charge in [0.25, 0.3) is 0 Å². The average Bonchev–Trinajstić information content (AvgIpc) is 2.77. The van der Waals surface area contributed by atoms with Crippen LogP contribution in [0.3, 0.4) is 0 Å². The minimum Gasteiger partial charge on any atom is -0.399 e. The maximum Gasteiger partial charge on any atom is 0.244 e. The van der Waals surface area contributed by atoms with E-state index in [4.69, 9.17) is 5.73 Å². The van der Waals surface area contributed by atoms with Crippen LogP contribution in [0.4, 0.5) is 5.69 Å². The van der Waals surface area contributed by atoms with E-state index >= 15 is 0 Å². The molecule has 3 N–H and O–H groups in total. The molecule has 0 spiro atoms. The zero-order valence-electron chi connectivity index (χ0n) is 12.4. The summed E-state index contributed by atoms with van der Waals surface area (Å²) >= 11 is 1.62. The van der Waals surface area contributed by atoms with Gasteiger partial charge < -0.3 is 11.1 Å². The number of carbonyl (C=O) groups excluding carboxylic acids is 1. The molecule has 1 heterocycles. The summed E-state index contributed by atoms with van der Waals surface area (Å²) in [5.41, 5.74) is 8.25. The van der Waals surface area contributed by atoms with E-state index in [9.17, 15) is 4.79 Å². The third kappa shape index (κ3) is 4.16. The summed E-state index contributed by atoms with van der Waals surface area (Å²) in [6.45, 7) is 5.90. The first-order chi connectivity index (χ1) is 9.95. The first kappa shape index (κ1) is 15.3. The van der Waals surface area contributed by atoms with Crippen molar-refractivity contribution in [1.82, 2.24) is 10.3 Å². The number of nitrogens with zero attached hydrogens (tertiary/aromatic N) is 1. The molecule has 0 fully saturated rings. The zero-order chi connectivity index (χ0) is 15.4. The van der Waals surface area contributed by atoms with E-state index < -0.39 is 0 Å². The van der Waals surface area contributed by atoms with E-state index in [1.54, 1.807) is 17.4 Å². The molecule has 1 amide bonds. The fraction of sp³-hybridized carbons (Fsp3) is 0.250. The zero-order valence-corrected chi connectivity index (χ0v) is 13.2. The van der Waals surface area contributed by atoms with Crippen molar-refractivity contribution in [2.24, 2.45) is 0 Å². The summed E-state index contributed by atoms with van der Waals surface area (Å²) in [7, 11) is 0. The number of nitrogens with one attached hydrogen (secondary N) is 1. The molecule has 0 saturated carbocycles. The highest BCUT2D eigenvalue weighted by Crippen LogP contribution is 2.24. The number of nitrogens with two attached hydrogens (primary N) is 1. The number of hydrogen-bond donors (Lipinski definition) is 2. The van der Waals surface area contributed by atoms with Crippen LogP contribution in [0.5, 0.6) is 0 Å². The number of hydrogen-bond acceptors (Lipinski definition) is 4. The highest BCUT2D eigenvalue weighted by atomic mass is 32.1. The largest absolute Gasteiger partial charge is 0.399 e. The molecule has 21 heavy (non-hydrogen) atoms. The van der Waals surface area contributed by atoms with Crippen LogP contribution in [0.15, 0.2) is 30.3 Å². The molecule has 0 aliphatic heterocycles. The lowest BCUT2D eigenvalue weighted by Gasteiger charge is -2.11. The van der Waals surface area contributed by atoms with Crippen molar-refractivity contribution in [3.05, 3.63) is 51.5 Å². The Morgan fingerprint density at radius 2 is 2.00 bits per heavy atom. The molecule has 2 rings (SSSR count). The smallest absolute Gasteiger partial charge is 0.244 e. The Labute approximate surface area is 128 Å². The highest BCUT2D eigenvalue weighted by Gasteiger charge is 2.13. The van der Waals surface area contributed by atoms with Crippen LogP contribution in [-0.2, 0) is 4.79 Å². The van der Waals surface area contributed by atoms with Crippen molar-refractivity contribution in [1.29, 1.82) is 0 Å². The van der Waals surface area contributed by atoms with Crippen LogP contribution in [0.1, 0.15) is 34.1 Å². The molecule has 1 atom stereocenters. The quantitative estimate of drug-likeness (QED) is 0.673. The molecule has 5 heteroatoms. The highest BCUT2D eigenvalue weighted by molar-refractivity contribution is 7.11. The molecule has 0 saturated heterocycles. The third-order valence-corrected chi connectivity index (χ3v) is 4.31. The molecular formula is C16H19N3OS. The monoisotopic (exact) mass is 301 g/mol. The molecule has 0 aliphatic rings. The maximum absolute atomic E-state index is 11.9. The standard InChI is InChI=1S/C16H19N3OS/c1-10-16(21-12(3)18-10)11(2)19-15(20)9-6-13-4-7-14(17)8-5-13/h4-9,11H,17H2,1-3H3,(H,19,20)/b9-6+. The van der Waals surface area contributed by atoms with Crippen LogP contribution in [0.25, 0.3) is 6.08 Å². The lowest BCUT2D eigenvalue weighted by Crippen LogP contribution is -2.24. The summed E-state index contributed by atoms with van der Waals surface area (Å²) in [5.74, 6) is -0.121. The Morgan fingerprint density at radius 3 is 2.57 bits per heavy atom. The minimum atomic E-state index is -0.121. The molecule has 2 aromatic rings. The van der Waals surface area contributed by atoms with Crippen molar-refractivity contribution in [3.63, 3.8) is 0 Å². The summed E-state index contributed by atoms with van der Waals surface area (Å²) in [6.07, 6.45) is 3.30. The molecule has 0 aliphatic carbocycles. The molecular weight excluding hydrogens is 282 g/mol. The van der Waals surface area contributed by atoms with E-state index in [1.807, 2.05) is 45.0 Å². The number of nitrogen functional groups attached to an aromatic ring is 1. The predicted molar refractivity (Wildman–Crippen MR) is 88.0 cm³/mol. The van der Waals surface area contributed by atoms with Gasteiger partial charge in [0.2, 0.25) is 5.91 Å². The van der Waals surface area contributed by atoms with Gasteiger partial charge in [-0.1, -0.05) is 12.1 Å². The number of carbonyl (C=O) groups is 1. The second-order valence-corrected chi connectivity index (χ2v) is 6.15. The van der Waals surface area contributed by atoms with Crippen molar-refractivity contribution >= 4 is 29.0 Å². The average molecular weight is 301 g/mol. The fourth-order valence-corrected chi connectivity index (χ4v) is 2.98. The van der Waals surface area contributed by atoms with Crippen LogP contribution in [0.2, 0.25) is 0 Å². The topological polar surface area (TPSA) is 68.0 Å². The van der Waals surface area contributed by atoms with Crippen LogP contribution < -0.4 is 11.1 Å². The third-order valence-electron chi connectivity index (χ3n) is 3.06. The van der Waals surface area contributed by atoms with Crippen molar-refractivity contribution in [2.75, 3.05) is 5.73 Å². The SMILES string of the molecule is Cc1nc(C)c(C(C)NC(=O)/C=C/c2ccc(N)cc2)s1. The Balaban J connectivity index is 1.98. The van der Waals surface area contributed by atoms with E-state index in [1.165, 1.54) is 6.08 Å². The van der Waals surface area contributed by atoms with Gasteiger partial charge in [-0.25, -0.2) is 4.98 Å². The predicted octanol–water partition coefficient (Wildman–Crippen LogP) is 3.23. The number of thiazole rings is 1. The van der Waals surface area contributed by atoms with Crippen LogP contribution >= 0.6 is 11.3 Å². The lowest BCUT2D eigenvalue weighted by molar-refractivity contribution is -0.117. The van der Waals surface area contributed by atoms with Crippen LogP contribution in [-0.4, -0.2) is 10.9 Å². The summed E-state index contributed by atoms with van der Waals surface area (Å²) in [6, 6.07) is 7.32. The number of aromatic nitrogens is 1. The first-order valence-electron chi connectivity index (χ1n) is 6.74. The molecule has 1 unspecified atom stereocenters. The minimum absolute atomic E-state index is 0.0419. The summed E-state index contributed by atoms with van der Waals surface area (Å²) in [5, 5.41) is 3.97. The second-order valence-electron chi connectivity index (χ2n) is 4.91. The van der Waals surface area contributed by atoms with E-state index in [0.29, 0.717) is 5.69 Å². The number of benzene rings is 1. The van der Waals surface area contributed by atoms with Crippen molar-refractivity contribution in [2.45, 2.75) is 26.8 Å². The van der Waals surface area contributed by atoms with Crippen LogP contribution in [0, 0.1) is 13.8 Å². The molecule has 1 aromatic heterocycles. The van der Waals surface area contributed by atoms with E-state index in [2.05, 4.69) is 10.3 Å². The Morgan fingerprint density at radius 1 is 1.33 bits per heavy atom. The molecule has 110 valence electrons. The molecule has 0 bridgehead atoms. The van der Waals surface area contributed by atoms with Gasteiger partial charge in [-0.15, -0.1) is 11.3 Å². The lowest BCUT2D eigenvalue weighted by atomic mass is 10.2. The summed E-state index contributed by atoms with van der Waals surface area (Å²) in [4.78, 5) is 17.4. The second kappa shape index (κ2) is 6.54. The van der Waals surface area contributed by atoms with Gasteiger partial charge in [0.1, 0.15) is 0 Å². The number of rotatable bonds is 4. The van der Waals surface area contributed by atoms with Gasteiger partial charge in [-0.05, 0) is 44.5 Å². The molecule has 1 aromatic carbocycles. The first-order valence-corrected chi connectivity index (χ1v) is 7.55. The number of amides is 1. The van der Waals surface area contributed by atoms with E-state index in [-0.39, 0.29) is 11.9 Å². The number of anilines is 1. The van der Waals surface area contributed by atoms with Gasteiger partial charge >= 0.3 is 0 Å². The van der Waals surface area contributed by atoms with E-state index in [0.717, 1.165) is 21.1 Å². The number of aryl methyl sites for hydroxylation is 2. The van der Waals surface area contributed by atoms with Gasteiger partial charge in [-0.2, -0.15) is 0 Å². The Kier molecular flexibility index (Phi) is 4.75. The fourth-order valence-electron chi connectivity index (χ4n) is 2.05. The van der Waals surface area contributed by atoms with Gasteiger partial charge in [-0.3, -0.25) is 4.79 Å². The van der Waals surface area contributed by atoms with Gasteiger partial charge in [0.15, 0.2) is 0 Å². The van der Waals surface area contributed by atoms with Gasteiger partial charge in [0.05, 0.1) is 16.7 Å². The maximum atomic E-state index is 11.9. The summed E-state index contributed by atoms with van der Waals surface area (Å²) < 4.78 is 0. The normalized spacial score (nSPS) is 12.5. The van der Waals surface area contributed by atoms with Gasteiger partial charge in [0, 0.05) is 16.6 Å². The molecule has 0 radical (unpaired) electrons. The Hall–Kier alpha value is -2.14. The van der Waals surface area contributed by atoms with Crippen molar-refractivity contribution in [3.8, 4) is 0 Å². The van der Waals surface area contributed by atoms with Crippen molar-refractivity contribution < 1.29 is 4.79 Å².